The largest absolute Gasteiger partial charge is 0.487 e. The van der Waals surface area contributed by atoms with Crippen LogP contribution in [-0.4, -0.2) is 16.3 Å². The van der Waals surface area contributed by atoms with Crippen molar-refractivity contribution in [1.82, 2.24) is 4.98 Å². The van der Waals surface area contributed by atoms with Crippen molar-refractivity contribution in [2.75, 3.05) is 0 Å². The number of benzene rings is 2. The Labute approximate surface area is 161 Å². The molecule has 1 atom stereocenters. The van der Waals surface area contributed by atoms with E-state index in [2.05, 4.69) is 4.98 Å². The SMILES string of the molecule is CC(O)(CCCC(F)(F)F)c1cccc(OCc2ccc3ccccc3n2)c1. The number of fused-ring (bicyclic) bond motifs is 1. The number of hydrogen-bond acceptors (Lipinski definition) is 3. The third kappa shape index (κ3) is 5.45. The molecule has 2 aromatic carbocycles. The quantitative estimate of drug-likeness (QED) is 0.559. The van der Waals surface area contributed by atoms with Crippen LogP contribution in [0.5, 0.6) is 5.75 Å². The van der Waals surface area contributed by atoms with E-state index < -0.39 is 18.2 Å². The fourth-order valence-electron chi connectivity index (χ4n) is 3.04. The lowest BCUT2D eigenvalue weighted by Crippen LogP contribution is -2.22. The van der Waals surface area contributed by atoms with Gasteiger partial charge >= 0.3 is 6.18 Å². The molecule has 3 rings (SSSR count). The van der Waals surface area contributed by atoms with Gasteiger partial charge in [0.15, 0.2) is 0 Å². The molecule has 0 bridgehead atoms. The Balaban J connectivity index is 1.65. The Kier molecular flexibility index (Phi) is 5.89. The maximum absolute atomic E-state index is 12.3. The van der Waals surface area contributed by atoms with Crippen LogP contribution in [0.2, 0.25) is 0 Å². The van der Waals surface area contributed by atoms with Gasteiger partial charge in [-0.1, -0.05) is 36.4 Å². The van der Waals surface area contributed by atoms with Crippen LogP contribution < -0.4 is 4.74 Å². The molecule has 0 aliphatic heterocycles. The first kappa shape index (κ1) is 20.1. The van der Waals surface area contributed by atoms with Gasteiger partial charge in [0.05, 0.1) is 16.8 Å². The number of nitrogens with zero attached hydrogens (tertiary/aromatic N) is 1. The molecule has 148 valence electrons. The molecule has 28 heavy (non-hydrogen) atoms. The maximum atomic E-state index is 12.3. The van der Waals surface area contributed by atoms with Crippen LogP contribution in [0, 0.1) is 0 Å². The molecule has 0 aliphatic rings. The predicted molar refractivity (Wildman–Crippen MR) is 102 cm³/mol. The van der Waals surface area contributed by atoms with Gasteiger partial charge in [0.25, 0.3) is 0 Å². The minimum atomic E-state index is -4.21. The number of para-hydroxylation sites is 1. The highest BCUT2D eigenvalue weighted by atomic mass is 19.4. The van der Waals surface area contributed by atoms with E-state index in [-0.39, 0.29) is 19.4 Å². The Hall–Kier alpha value is -2.60. The second-order valence-electron chi connectivity index (χ2n) is 7.05. The van der Waals surface area contributed by atoms with Crippen molar-refractivity contribution in [3.8, 4) is 5.75 Å². The molecule has 3 nitrogen and oxygen atoms in total. The number of pyridine rings is 1. The van der Waals surface area contributed by atoms with Crippen LogP contribution in [0.15, 0.2) is 60.7 Å². The van der Waals surface area contributed by atoms with Crippen molar-refractivity contribution >= 4 is 10.9 Å². The summed E-state index contributed by atoms with van der Waals surface area (Å²) in [5, 5.41) is 11.6. The Morgan fingerprint density at radius 1 is 0.964 bits per heavy atom. The highest BCUT2D eigenvalue weighted by Gasteiger charge is 2.30. The molecule has 0 saturated heterocycles. The van der Waals surface area contributed by atoms with Gasteiger partial charge in [-0.15, -0.1) is 0 Å². The maximum Gasteiger partial charge on any atom is 0.389 e. The van der Waals surface area contributed by atoms with Gasteiger partial charge in [0.2, 0.25) is 0 Å². The molecule has 0 spiro atoms. The Morgan fingerprint density at radius 3 is 2.54 bits per heavy atom. The average molecular weight is 389 g/mol. The zero-order valence-electron chi connectivity index (χ0n) is 15.5. The standard InChI is InChI=1S/C22H22F3NO2/c1-21(27,12-5-13-22(23,24)25)17-7-4-8-19(14-17)28-15-18-11-10-16-6-2-3-9-20(16)26-18/h2-4,6-11,14,27H,5,12-13,15H2,1H3. The number of ether oxygens (including phenoxy) is 1. The molecular formula is C22H22F3NO2. The normalized spacial score (nSPS) is 14.0. The zero-order valence-corrected chi connectivity index (χ0v) is 15.5. The van der Waals surface area contributed by atoms with Crippen LogP contribution in [0.25, 0.3) is 10.9 Å². The Bertz CT molecular complexity index is 938. The minimum absolute atomic E-state index is 0.0161. The van der Waals surface area contributed by atoms with Crippen LogP contribution in [-0.2, 0) is 12.2 Å². The summed E-state index contributed by atoms with van der Waals surface area (Å²) in [7, 11) is 0. The molecule has 1 unspecified atom stereocenters. The van der Waals surface area contributed by atoms with E-state index in [4.69, 9.17) is 4.74 Å². The lowest BCUT2D eigenvalue weighted by Gasteiger charge is -2.24. The van der Waals surface area contributed by atoms with Crippen LogP contribution in [0.3, 0.4) is 0 Å². The highest BCUT2D eigenvalue weighted by Crippen LogP contribution is 2.32. The summed E-state index contributed by atoms with van der Waals surface area (Å²) in [4.78, 5) is 4.54. The van der Waals surface area contributed by atoms with Gasteiger partial charge in [-0.2, -0.15) is 13.2 Å². The number of halogens is 3. The van der Waals surface area contributed by atoms with Gasteiger partial charge in [-0.05, 0) is 49.6 Å². The second-order valence-corrected chi connectivity index (χ2v) is 7.05. The summed E-state index contributed by atoms with van der Waals surface area (Å²) in [6, 6.07) is 18.5. The fraction of sp³-hybridized carbons (Fsp3) is 0.318. The summed E-state index contributed by atoms with van der Waals surface area (Å²) < 4.78 is 42.8. The van der Waals surface area contributed by atoms with Crippen LogP contribution in [0.1, 0.15) is 37.4 Å². The van der Waals surface area contributed by atoms with E-state index >= 15 is 0 Å². The van der Waals surface area contributed by atoms with Crippen molar-refractivity contribution in [1.29, 1.82) is 0 Å². The average Bonchev–Trinajstić information content (AvgIpc) is 2.65. The monoisotopic (exact) mass is 389 g/mol. The summed E-state index contributed by atoms with van der Waals surface area (Å²) in [5.41, 5.74) is 0.816. The number of hydrogen-bond donors (Lipinski definition) is 1. The van der Waals surface area contributed by atoms with Crippen molar-refractivity contribution < 1.29 is 23.0 Å². The summed E-state index contributed by atoms with van der Waals surface area (Å²) in [5.74, 6) is 0.531. The zero-order chi connectivity index (χ0) is 20.2. The van der Waals surface area contributed by atoms with E-state index in [0.29, 0.717) is 11.3 Å². The molecule has 0 fully saturated rings. The molecule has 1 aromatic heterocycles. The molecule has 0 amide bonds. The lowest BCUT2D eigenvalue weighted by molar-refractivity contribution is -0.137. The first-order valence-corrected chi connectivity index (χ1v) is 9.10. The smallest absolute Gasteiger partial charge is 0.389 e. The van der Waals surface area contributed by atoms with Gasteiger partial charge in [0.1, 0.15) is 12.4 Å². The van der Waals surface area contributed by atoms with Crippen molar-refractivity contribution in [3.05, 3.63) is 71.9 Å². The van der Waals surface area contributed by atoms with Gasteiger partial charge < -0.3 is 9.84 Å². The third-order valence-corrected chi connectivity index (χ3v) is 4.62. The molecule has 0 saturated carbocycles. The number of rotatable bonds is 7. The summed E-state index contributed by atoms with van der Waals surface area (Å²) >= 11 is 0. The van der Waals surface area contributed by atoms with Crippen LogP contribution >= 0.6 is 0 Å². The molecule has 3 aromatic rings. The first-order chi connectivity index (χ1) is 13.2. The lowest BCUT2D eigenvalue weighted by atomic mass is 9.90. The van der Waals surface area contributed by atoms with E-state index in [1.807, 2.05) is 36.4 Å². The van der Waals surface area contributed by atoms with Crippen LogP contribution in [0.4, 0.5) is 13.2 Å². The molecular weight excluding hydrogens is 367 g/mol. The van der Waals surface area contributed by atoms with Crippen molar-refractivity contribution in [2.24, 2.45) is 0 Å². The molecule has 0 radical (unpaired) electrons. The van der Waals surface area contributed by atoms with E-state index in [1.165, 1.54) is 6.92 Å². The van der Waals surface area contributed by atoms with Gasteiger partial charge in [-0.3, -0.25) is 0 Å². The first-order valence-electron chi connectivity index (χ1n) is 9.10. The summed E-state index contributed by atoms with van der Waals surface area (Å²) in [6.45, 7) is 1.78. The van der Waals surface area contributed by atoms with Crippen molar-refractivity contribution in [3.63, 3.8) is 0 Å². The molecule has 6 heteroatoms. The number of aromatic nitrogens is 1. The van der Waals surface area contributed by atoms with Gasteiger partial charge in [-0.25, -0.2) is 4.98 Å². The van der Waals surface area contributed by atoms with E-state index in [1.54, 1.807) is 24.3 Å². The summed E-state index contributed by atoms with van der Waals surface area (Å²) in [6.07, 6.45) is -5.24. The fourth-order valence-corrected chi connectivity index (χ4v) is 3.04. The second kappa shape index (κ2) is 8.19. The topological polar surface area (TPSA) is 42.4 Å². The predicted octanol–water partition coefficient (Wildman–Crippen LogP) is 5.75. The van der Waals surface area contributed by atoms with E-state index in [0.717, 1.165) is 16.6 Å². The number of aliphatic hydroxyl groups is 1. The van der Waals surface area contributed by atoms with Gasteiger partial charge in [0, 0.05) is 11.8 Å². The Morgan fingerprint density at radius 2 is 1.75 bits per heavy atom. The third-order valence-electron chi connectivity index (χ3n) is 4.62. The molecule has 0 aliphatic carbocycles. The minimum Gasteiger partial charge on any atom is -0.487 e. The molecule has 1 heterocycles. The van der Waals surface area contributed by atoms with Crippen molar-refractivity contribution in [2.45, 2.75) is 44.6 Å². The number of alkyl halides is 3. The highest BCUT2D eigenvalue weighted by molar-refractivity contribution is 5.78. The molecule has 1 N–H and O–H groups in total. The van der Waals surface area contributed by atoms with E-state index in [9.17, 15) is 18.3 Å².